The van der Waals surface area contributed by atoms with Crippen molar-refractivity contribution >= 4 is 38.5 Å². The summed E-state index contributed by atoms with van der Waals surface area (Å²) in [5.41, 5.74) is 1.30. The Morgan fingerprint density at radius 3 is 2.33 bits per heavy atom. The first kappa shape index (κ1) is 13.0. The monoisotopic (exact) mass is 343 g/mol. The van der Waals surface area contributed by atoms with E-state index in [0.717, 1.165) is 40.9 Å². The van der Waals surface area contributed by atoms with E-state index in [4.69, 9.17) is 0 Å². The Kier molecular flexibility index (Phi) is 2.89. The van der Waals surface area contributed by atoms with Gasteiger partial charge in [-0.05, 0) is 36.4 Å². The van der Waals surface area contributed by atoms with Crippen molar-refractivity contribution in [2.75, 3.05) is 0 Å². The molecule has 1 saturated carbocycles. The molecule has 3 nitrogen and oxygen atoms in total. The molecule has 0 N–H and O–H groups in total. The van der Waals surface area contributed by atoms with E-state index in [9.17, 15) is 9.59 Å². The Balaban J connectivity index is 1.97. The van der Waals surface area contributed by atoms with Gasteiger partial charge in [-0.3, -0.25) is 14.5 Å². The maximum absolute atomic E-state index is 12.8. The first-order valence-electron chi connectivity index (χ1n) is 7.27. The van der Waals surface area contributed by atoms with Crippen LogP contribution in [0.4, 0.5) is 0 Å². The lowest BCUT2D eigenvalue weighted by molar-refractivity contribution is 0.0542. The number of amides is 2. The molecule has 2 amide bonds. The molecule has 1 aliphatic carbocycles. The molecule has 106 valence electrons. The fourth-order valence-corrected chi connectivity index (χ4v) is 4.04. The van der Waals surface area contributed by atoms with Gasteiger partial charge in [-0.15, -0.1) is 0 Å². The summed E-state index contributed by atoms with van der Waals surface area (Å²) in [7, 11) is 0. The second kappa shape index (κ2) is 4.67. The molecule has 21 heavy (non-hydrogen) atoms. The van der Waals surface area contributed by atoms with Gasteiger partial charge in [-0.2, -0.15) is 0 Å². The van der Waals surface area contributed by atoms with E-state index in [1.165, 1.54) is 4.90 Å². The molecule has 0 saturated heterocycles. The topological polar surface area (TPSA) is 37.4 Å². The molecule has 4 heteroatoms. The highest BCUT2D eigenvalue weighted by Crippen LogP contribution is 2.37. The first-order chi connectivity index (χ1) is 10.2. The van der Waals surface area contributed by atoms with E-state index < -0.39 is 0 Å². The van der Waals surface area contributed by atoms with Crippen LogP contribution in [0.15, 0.2) is 34.8 Å². The summed E-state index contributed by atoms with van der Waals surface area (Å²) in [6.45, 7) is 0. The summed E-state index contributed by atoms with van der Waals surface area (Å²) in [5.74, 6) is -0.272. The van der Waals surface area contributed by atoms with Gasteiger partial charge in [-0.25, -0.2) is 0 Å². The van der Waals surface area contributed by atoms with Crippen molar-refractivity contribution in [2.45, 2.75) is 31.7 Å². The number of halogens is 1. The normalized spacial score (nSPS) is 18.8. The Bertz CT molecular complexity index is 755. The van der Waals surface area contributed by atoms with Gasteiger partial charge < -0.3 is 0 Å². The minimum Gasteiger partial charge on any atom is -0.271 e. The van der Waals surface area contributed by atoms with E-state index in [0.29, 0.717) is 11.1 Å². The van der Waals surface area contributed by atoms with Gasteiger partial charge in [-0.1, -0.05) is 40.9 Å². The van der Waals surface area contributed by atoms with Crippen LogP contribution >= 0.6 is 15.9 Å². The van der Waals surface area contributed by atoms with Gasteiger partial charge in [0.25, 0.3) is 11.8 Å². The number of benzene rings is 2. The van der Waals surface area contributed by atoms with Gasteiger partial charge in [0, 0.05) is 27.0 Å². The average Bonchev–Trinajstić information content (AvgIpc) is 3.00. The highest BCUT2D eigenvalue weighted by Gasteiger charge is 2.38. The molecule has 0 radical (unpaired) electrons. The lowest BCUT2D eigenvalue weighted by Gasteiger charge is -2.31. The Hall–Kier alpha value is -1.68. The van der Waals surface area contributed by atoms with Crippen LogP contribution in [0.3, 0.4) is 0 Å². The van der Waals surface area contributed by atoms with Crippen LogP contribution in [0.5, 0.6) is 0 Å². The first-order valence-corrected chi connectivity index (χ1v) is 8.07. The van der Waals surface area contributed by atoms with Crippen molar-refractivity contribution in [1.29, 1.82) is 0 Å². The van der Waals surface area contributed by atoms with E-state index >= 15 is 0 Å². The molecular formula is C17H14BrNO2. The van der Waals surface area contributed by atoms with E-state index in [-0.39, 0.29) is 17.9 Å². The second-order valence-electron chi connectivity index (χ2n) is 5.74. The molecule has 1 heterocycles. The minimum atomic E-state index is -0.136. The van der Waals surface area contributed by atoms with Gasteiger partial charge in [0.05, 0.1) is 0 Å². The summed E-state index contributed by atoms with van der Waals surface area (Å²) in [6, 6.07) is 9.44. The smallest absolute Gasteiger partial charge is 0.261 e. The van der Waals surface area contributed by atoms with Crippen molar-refractivity contribution in [3.8, 4) is 0 Å². The predicted octanol–water partition coefficient (Wildman–Crippen LogP) is 4.14. The van der Waals surface area contributed by atoms with Gasteiger partial charge in [0.15, 0.2) is 0 Å². The molecule has 2 aromatic carbocycles. The number of imide groups is 1. The van der Waals surface area contributed by atoms with Crippen LogP contribution in [0.25, 0.3) is 10.8 Å². The third-order valence-corrected chi connectivity index (χ3v) is 5.27. The summed E-state index contributed by atoms with van der Waals surface area (Å²) in [5, 5.41) is 1.72. The Labute approximate surface area is 131 Å². The molecule has 1 aliphatic heterocycles. The van der Waals surface area contributed by atoms with Crippen LogP contribution in [-0.2, 0) is 0 Å². The van der Waals surface area contributed by atoms with E-state index in [1.54, 1.807) is 0 Å². The number of nitrogens with zero attached hydrogens (tertiary/aromatic N) is 1. The zero-order chi connectivity index (χ0) is 14.6. The molecule has 0 bridgehead atoms. The number of carbonyl (C=O) groups excluding carboxylic acids is 2. The van der Waals surface area contributed by atoms with Crippen LogP contribution in [-0.4, -0.2) is 22.8 Å². The van der Waals surface area contributed by atoms with Crippen LogP contribution in [0.2, 0.25) is 0 Å². The summed E-state index contributed by atoms with van der Waals surface area (Å²) < 4.78 is 0.915. The van der Waals surface area contributed by atoms with Gasteiger partial charge in [0.2, 0.25) is 0 Å². The van der Waals surface area contributed by atoms with Crippen molar-refractivity contribution in [1.82, 2.24) is 4.90 Å². The fourth-order valence-electron chi connectivity index (χ4n) is 3.57. The molecule has 4 rings (SSSR count). The van der Waals surface area contributed by atoms with Crippen molar-refractivity contribution in [3.63, 3.8) is 0 Å². The molecule has 1 fully saturated rings. The molecule has 0 unspecified atom stereocenters. The van der Waals surface area contributed by atoms with E-state index in [1.807, 2.05) is 30.3 Å². The molecule has 0 atom stereocenters. The van der Waals surface area contributed by atoms with Crippen LogP contribution in [0.1, 0.15) is 46.4 Å². The molecule has 0 spiro atoms. The standard InChI is InChI=1S/C17H14BrNO2/c18-14-9-8-13-15-11(14)6-3-7-12(15)16(20)19(17(13)21)10-4-1-2-5-10/h3,6-10H,1-2,4-5H2. The second-order valence-corrected chi connectivity index (χ2v) is 6.60. The third kappa shape index (κ3) is 1.78. The zero-order valence-electron chi connectivity index (χ0n) is 11.4. The number of hydrogen-bond acceptors (Lipinski definition) is 2. The highest BCUT2D eigenvalue weighted by molar-refractivity contribution is 9.10. The lowest BCUT2D eigenvalue weighted by atomic mass is 9.93. The van der Waals surface area contributed by atoms with Gasteiger partial charge in [0.1, 0.15) is 0 Å². The average molecular weight is 344 g/mol. The molecule has 2 aliphatic rings. The third-order valence-electron chi connectivity index (χ3n) is 4.58. The Morgan fingerprint density at radius 1 is 0.952 bits per heavy atom. The maximum atomic E-state index is 12.8. The SMILES string of the molecule is O=C1c2cccc3c(Br)ccc(c23)C(=O)N1C1CCCC1. The number of hydrogen-bond donors (Lipinski definition) is 0. The van der Waals surface area contributed by atoms with E-state index in [2.05, 4.69) is 15.9 Å². The van der Waals surface area contributed by atoms with Crippen molar-refractivity contribution in [2.24, 2.45) is 0 Å². The summed E-state index contributed by atoms with van der Waals surface area (Å²) in [4.78, 5) is 27.1. The maximum Gasteiger partial charge on any atom is 0.261 e. The van der Waals surface area contributed by atoms with Crippen molar-refractivity contribution in [3.05, 3.63) is 45.9 Å². The summed E-state index contributed by atoms with van der Waals surface area (Å²) in [6.07, 6.45) is 4.05. The predicted molar refractivity (Wildman–Crippen MR) is 84.4 cm³/mol. The largest absolute Gasteiger partial charge is 0.271 e. The number of carbonyl (C=O) groups is 2. The van der Waals surface area contributed by atoms with Gasteiger partial charge >= 0.3 is 0 Å². The molecule has 2 aromatic rings. The van der Waals surface area contributed by atoms with Crippen LogP contribution in [0, 0.1) is 0 Å². The summed E-state index contributed by atoms with van der Waals surface area (Å²) >= 11 is 3.50. The molecule has 0 aromatic heterocycles. The Morgan fingerprint density at radius 2 is 1.62 bits per heavy atom. The minimum absolute atomic E-state index is 0.0667. The lowest BCUT2D eigenvalue weighted by Crippen LogP contribution is -2.46. The molecular weight excluding hydrogens is 330 g/mol. The van der Waals surface area contributed by atoms with Crippen molar-refractivity contribution < 1.29 is 9.59 Å². The fraction of sp³-hybridized carbons (Fsp3) is 0.294. The highest BCUT2D eigenvalue weighted by atomic mass is 79.9. The van der Waals surface area contributed by atoms with Crippen LogP contribution < -0.4 is 0 Å². The number of rotatable bonds is 1. The zero-order valence-corrected chi connectivity index (χ0v) is 13.0. The quantitative estimate of drug-likeness (QED) is 0.729.